The molecule has 1 fully saturated rings. The number of nitrogens with one attached hydrogen (secondary N) is 1. The first kappa shape index (κ1) is 15.1. The molecule has 3 rings (SSSR count). The Morgan fingerprint density at radius 2 is 1.87 bits per heavy atom. The molecule has 1 heterocycles. The molecular formula is C18H18N2O3. The van der Waals surface area contributed by atoms with Gasteiger partial charge in [-0.15, -0.1) is 0 Å². The van der Waals surface area contributed by atoms with Crippen LogP contribution in [0.15, 0.2) is 42.5 Å². The monoisotopic (exact) mass is 310 g/mol. The summed E-state index contributed by atoms with van der Waals surface area (Å²) in [5, 5.41) is 12.5. The van der Waals surface area contributed by atoms with Crippen molar-refractivity contribution < 1.29 is 14.7 Å². The first-order chi connectivity index (χ1) is 11.0. The number of amides is 2. The third-order valence-corrected chi connectivity index (χ3v) is 4.08. The van der Waals surface area contributed by atoms with Crippen LogP contribution in [-0.2, 0) is 9.59 Å². The van der Waals surface area contributed by atoms with Gasteiger partial charge in [0.25, 0.3) is 5.91 Å². The standard InChI is InChI=1S/C18H18N2O3/c1-11-6-7-14(8-12(11)2)20-17(22)10-16(18(20)23)19-13-4-3-5-15(21)9-13/h3-9,16,19,21H,10H2,1-2H3. The molecule has 23 heavy (non-hydrogen) atoms. The maximum Gasteiger partial charge on any atom is 0.256 e. The molecule has 5 heteroatoms. The number of aromatic hydroxyl groups is 1. The summed E-state index contributed by atoms with van der Waals surface area (Å²) >= 11 is 0. The minimum atomic E-state index is -0.620. The van der Waals surface area contributed by atoms with Crippen molar-refractivity contribution in [3.05, 3.63) is 53.6 Å². The third kappa shape index (κ3) is 2.90. The fourth-order valence-electron chi connectivity index (χ4n) is 2.68. The van der Waals surface area contributed by atoms with Crippen molar-refractivity contribution in [2.24, 2.45) is 0 Å². The zero-order valence-electron chi connectivity index (χ0n) is 13.0. The molecule has 1 aliphatic rings. The van der Waals surface area contributed by atoms with Gasteiger partial charge in [0.2, 0.25) is 5.91 Å². The van der Waals surface area contributed by atoms with Crippen LogP contribution in [0.1, 0.15) is 17.5 Å². The average molecular weight is 310 g/mol. The minimum absolute atomic E-state index is 0.0986. The third-order valence-electron chi connectivity index (χ3n) is 4.08. The molecule has 1 saturated heterocycles. The lowest BCUT2D eigenvalue weighted by Crippen LogP contribution is -2.34. The number of phenols is 1. The highest BCUT2D eigenvalue weighted by atomic mass is 16.3. The molecule has 118 valence electrons. The highest BCUT2D eigenvalue weighted by molar-refractivity contribution is 6.23. The van der Waals surface area contributed by atoms with Gasteiger partial charge in [0.05, 0.1) is 12.1 Å². The highest BCUT2D eigenvalue weighted by Crippen LogP contribution is 2.27. The van der Waals surface area contributed by atoms with Crippen LogP contribution in [0.25, 0.3) is 0 Å². The summed E-state index contributed by atoms with van der Waals surface area (Å²) in [5.74, 6) is -0.393. The quantitative estimate of drug-likeness (QED) is 0.855. The first-order valence-electron chi connectivity index (χ1n) is 7.45. The van der Waals surface area contributed by atoms with E-state index in [9.17, 15) is 14.7 Å². The fraction of sp³-hybridized carbons (Fsp3) is 0.222. The Hall–Kier alpha value is -2.82. The Morgan fingerprint density at radius 3 is 2.57 bits per heavy atom. The summed E-state index contributed by atoms with van der Waals surface area (Å²) in [4.78, 5) is 26.1. The molecule has 0 bridgehead atoms. The van der Waals surface area contributed by atoms with E-state index in [1.165, 1.54) is 11.0 Å². The van der Waals surface area contributed by atoms with E-state index >= 15 is 0 Å². The van der Waals surface area contributed by atoms with E-state index in [0.29, 0.717) is 11.4 Å². The summed E-state index contributed by atoms with van der Waals surface area (Å²) in [6, 6.07) is 11.4. The van der Waals surface area contributed by atoms with E-state index in [4.69, 9.17) is 0 Å². The van der Waals surface area contributed by atoms with Crippen molar-refractivity contribution in [3.8, 4) is 5.75 Å². The number of aryl methyl sites for hydroxylation is 2. The van der Waals surface area contributed by atoms with Crippen molar-refractivity contribution in [2.75, 3.05) is 10.2 Å². The van der Waals surface area contributed by atoms with E-state index in [0.717, 1.165) is 11.1 Å². The second-order valence-corrected chi connectivity index (χ2v) is 5.79. The average Bonchev–Trinajstić information content (AvgIpc) is 2.77. The van der Waals surface area contributed by atoms with Crippen molar-refractivity contribution in [1.82, 2.24) is 0 Å². The van der Waals surface area contributed by atoms with Gasteiger partial charge < -0.3 is 10.4 Å². The van der Waals surface area contributed by atoms with Crippen molar-refractivity contribution in [3.63, 3.8) is 0 Å². The molecule has 2 amide bonds. The summed E-state index contributed by atoms with van der Waals surface area (Å²) < 4.78 is 0. The fourth-order valence-corrected chi connectivity index (χ4v) is 2.68. The predicted octanol–water partition coefficient (Wildman–Crippen LogP) is 2.75. The SMILES string of the molecule is Cc1ccc(N2C(=O)CC(Nc3cccc(O)c3)C2=O)cc1C. The van der Waals surface area contributed by atoms with Crippen LogP contribution in [0.3, 0.4) is 0 Å². The summed E-state index contributed by atoms with van der Waals surface area (Å²) in [7, 11) is 0. The maximum atomic E-state index is 12.6. The Balaban J connectivity index is 1.83. The smallest absolute Gasteiger partial charge is 0.256 e. The molecule has 2 N–H and O–H groups in total. The lowest BCUT2D eigenvalue weighted by molar-refractivity contribution is -0.121. The number of nitrogens with zero attached hydrogens (tertiary/aromatic N) is 1. The predicted molar refractivity (Wildman–Crippen MR) is 88.5 cm³/mol. The van der Waals surface area contributed by atoms with E-state index < -0.39 is 6.04 Å². The molecular weight excluding hydrogens is 292 g/mol. The highest BCUT2D eigenvalue weighted by Gasteiger charge is 2.39. The Kier molecular flexibility index (Phi) is 3.78. The molecule has 2 aromatic carbocycles. The van der Waals surface area contributed by atoms with E-state index in [1.54, 1.807) is 24.3 Å². The molecule has 0 aliphatic carbocycles. The van der Waals surface area contributed by atoms with E-state index in [-0.39, 0.29) is 24.0 Å². The Morgan fingerprint density at radius 1 is 1.09 bits per heavy atom. The number of hydrogen-bond acceptors (Lipinski definition) is 4. The van der Waals surface area contributed by atoms with Crippen LogP contribution in [0, 0.1) is 13.8 Å². The number of benzene rings is 2. The second-order valence-electron chi connectivity index (χ2n) is 5.79. The van der Waals surface area contributed by atoms with E-state index in [1.807, 2.05) is 26.0 Å². The molecule has 0 saturated carbocycles. The van der Waals surface area contributed by atoms with Crippen molar-refractivity contribution in [1.29, 1.82) is 0 Å². The van der Waals surface area contributed by atoms with Crippen molar-refractivity contribution in [2.45, 2.75) is 26.3 Å². The van der Waals surface area contributed by atoms with Crippen LogP contribution in [0.5, 0.6) is 5.75 Å². The topological polar surface area (TPSA) is 69.6 Å². The van der Waals surface area contributed by atoms with Gasteiger partial charge in [-0.3, -0.25) is 9.59 Å². The minimum Gasteiger partial charge on any atom is -0.508 e. The Labute approximate surface area is 134 Å². The summed E-state index contributed by atoms with van der Waals surface area (Å²) in [6.45, 7) is 3.94. The molecule has 1 unspecified atom stereocenters. The number of hydrogen-bond donors (Lipinski definition) is 2. The van der Waals surface area contributed by atoms with Crippen LogP contribution >= 0.6 is 0 Å². The number of rotatable bonds is 3. The molecule has 1 aliphatic heterocycles. The number of phenolic OH excluding ortho intramolecular Hbond substituents is 1. The molecule has 5 nitrogen and oxygen atoms in total. The number of anilines is 2. The largest absolute Gasteiger partial charge is 0.508 e. The van der Waals surface area contributed by atoms with Gasteiger partial charge in [0.1, 0.15) is 11.8 Å². The van der Waals surface area contributed by atoms with Crippen LogP contribution in [0.4, 0.5) is 11.4 Å². The number of carbonyl (C=O) groups is 2. The Bertz CT molecular complexity index is 786. The van der Waals surface area contributed by atoms with Crippen molar-refractivity contribution >= 4 is 23.2 Å². The number of carbonyl (C=O) groups excluding carboxylic acids is 2. The van der Waals surface area contributed by atoms with Gasteiger partial charge in [-0.25, -0.2) is 4.90 Å². The summed E-state index contributed by atoms with van der Waals surface area (Å²) in [6.07, 6.45) is 0.0986. The zero-order valence-corrected chi connectivity index (χ0v) is 13.0. The lowest BCUT2D eigenvalue weighted by Gasteiger charge is -2.17. The molecule has 2 aromatic rings. The van der Waals surface area contributed by atoms with E-state index in [2.05, 4.69) is 5.32 Å². The molecule has 1 atom stereocenters. The normalized spacial score (nSPS) is 17.7. The van der Waals surface area contributed by atoms with Gasteiger partial charge >= 0.3 is 0 Å². The first-order valence-corrected chi connectivity index (χ1v) is 7.45. The molecule has 0 aromatic heterocycles. The second kappa shape index (κ2) is 5.76. The lowest BCUT2D eigenvalue weighted by atomic mass is 10.1. The number of imide groups is 1. The van der Waals surface area contributed by atoms with Crippen LogP contribution < -0.4 is 10.2 Å². The molecule has 0 spiro atoms. The van der Waals surface area contributed by atoms with Gasteiger partial charge in [0.15, 0.2) is 0 Å². The van der Waals surface area contributed by atoms with Gasteiger partial charge in [-0.2, -0.15) is 0 Å². The van der Waals surface area contributed by atoms with Gasteiger partial charge in [0, 0.05) is 11.8 Å². The molecule has 0 radical (unpaired) electrons. The van der Waals surface area contributed by atoms with Gasteiger partial charge in [-0.1, -0.05) is 12.1 Å². The maximum absolute atomic E-state index is 12.6. The van der Waals surface area contributed by atoms with Crippen LogP contribution in [0.2, 0.25) is 0 Å². The zero-order chi connectivity index (χ0) is 16.6. The van der Waals surface area contributed by atoms with Gasteiger partial charge in [-0.05, 0) is 49.2 Å². The van der Waals surface area contributed by atoms with Crippen LogP contribution in [-0.4, -0.2) is 23.0 Å². The summed E-state index contributed by atoms with van der Waals surface area (Å²) in [5.41, 5.74) is 3.36.